The van der Waals surface area contributed by atoms with Gasteiger partial charge in [-0.3, -0.25) is 0 Å². The summed E-state index contributed by atoms with van der Waals surface area (Å²) >= 11 is 0. The van der Waals surface area contributed by atoms with Gasteiger partial charge in [-0.15, -0.1) is 6.58 Å². The first kappa shape index (κ1) is 14.3. The highest BCUT2D eigenvalue weighted by molar-refractivity contribution is 5.13. The van der Waals surface area contributed by atoms with E-state index >= 15 is 0 Å². The van der Waals surface area contributed by atoms with E-state index in [9.17, 15) is 0 Å². The van der Waals surface area contributed by atoms with Gasteiger partial charge in [-0.25, -0.2) is 0 Å². The van der Waals surface area contributed by atoms with Gasteiger partial charge in [0.15, 0.2) is 0 Å². The largest absolute Gasteiger partial charge is 0.376 e. The molecule has 0 spiro atoms. The smallest absolute Gasteiger partial charge is 0.0717 e. The lowest BCUT2D eigenvalue weighted by atomic mass is 9.92. The fourth-order valence-corrected chi connectivity index (χ4v) is 3.04. The molecule has 0 heterocycles. The van der Waals surface area contributed by atoms with Crippen LogP contribution in [0.15, 0.2) is 43.0 Å². The first-order valence-electron chi connectivity index (χ1n) is 7.53. The summed E-state index contributed by atoms with van der Waals surface area (Å²) in [5.74, 6) is 0.751. The van der Waals surface area contributed by atoms with E-state index in [4.69, 9.17) is 4.74 Å². The third-order valence-electron chi connectivity index (χ3n) is 4.37. The van der Waals surface area contributed by atoms with Crippen LogP contribution in [-0.4, -0.2) is 6.61 Å². The Balaban J connectivity index is 1.73. The van der Waals surface area contributed by atoms with Crippen LogP contribution < -0.4 is 0 Å². The molecule has 1 heteroatoms. The van der Waals surface area contributed by atoms with Crippen LogP contribution in [0.4, 0.5) is 0 Å². The normalized spacial score (nSPS) is 25.2. The molecule has 2 rings (SSSR count). The van der Waals surface area contributed by atoms with Crippen molar-refractivity contribution < 1.29 is 4.74 Å². The Morgan fingerprint density at radius 3 is 2.84 bits per heavy atom. The molecule has 0 amide bonds. The Labute approximate surface area is 117 Å². The molecule has 1 aromatic rings. The molecule has 1 aliphatic carbocycles. The number of benzene rings is 1. The first-order valence-corrected chi connectivity index (χ1v) is 7.53. The van der Waals surface area contributed by atoms with Crippen molar-refractivity contribution in [3.8, 4) is 0 Å². The molecule has 1 saturated carbocycles. The zero-order chi connectivity index (χ0) is 13.6. The quantitative estimate of drug-likeness (QED) is 0.568. The van der Waals surface area contributed by atoms with Crippen molar-refractivity contribution >= 4 is 0 Å². The molecule has 0 bridgehead atoms. The second-order valence-corrected chi connectivity index (χ2v) is 5.86. The predicted molar refractivity (Wildman–Crippen MR) is 81.0 cm³/mol. The summed E-state index contributed by atoms with van der Waals surface area (Å²) in [4.78, 5) is 0. The van der Waals surface area contributed by atoms with E-state index < -0.39 is 0 Å². The van der Waals surface area contributed by atoms with Crippen molar-refractivity contribution in [2.45, 2.75) is 45.6 Å². The van der Waals surface area contributed by atoms with Gasteiger partial charge in [-0.2, -0.15) is 0 Å². The minimum absolute atomic E-state index is 0.522. The lowest BCUT2D eigenvalue weighted by Gasteiger charge is -2.15. The van der Waals surface area contributed by atoms with Gasteiger partial charge in [0, 0.05) is 0 Å². The molecule has 0 aliphatic heterocycles. The summed E-state index contributed by atoms with van der Waals surface area (Å²) in [7, 11) is 0. The number of rotatable bonds is 9. The number of ether oxygens (including phenoxy) is 1. The molecule has 0 aromatic heterocycles. The average molecular weight is 258 g/mol. The van der Waals surface area contributed by atoms with Gasteiger partial charge in [0.2, 0.25) is 0 Å². The van der Waals surface area contributed by atoms with E-state index in [2.05, 4.69) is 43.8 Å². The van der Waals surface area contributed by atoms with Crippen molar-refractivity contribution in [3.63, 3.8) is 0 Å². The molecule has 1 aliphatic rings. The Kier molecular flexibility index (Phi) is 5.21. The number of hydrogen-bond donors (Lipinski definition) is 0. The van der Waals surface area contributed by atoms with Crippen molar-refractivity contribution in [3.05, 3.63) is 48.6 Å². The molecule has 0 saturated heterocycles. The van der Waals surface area contributed by atoms with Gasteiger partial charge in [0.05, 0.1) is 13.2 Å². The second-order valence-electron chi connectivity index (χ2n) is 5.86. The topological polar surface area (TPSA) is 9.23 Å². The summed E-state index contributed by atoms with van der Waals surface area (Å²) in [6.45, 7) is 7.84. The fraction of sp³-hybridized carbons (Fsp3) is 0.556. The van der Waals surface area contributed by atoms with E-state index in [1.54, 1.807) is 0 Å². The average Bonchev–Trinajstić information content (AvgIpc) is 3.11. The number of hydrogen-bond acceptors (Lipinski definition) is 1. The van der Waals surface area contributed by atoms with Gasteiger partial charge >= 0.3 is 0 Å². The van der Waals surface area contributed by atoms with E-state index in [-0.39, 0.29) is 0 Å². The second kappa shape index (κ2) is 6.91. The van der Waals surface area contributed by atoms with E-state index in [0.29, 0.717) is 5.41 Å². The van der Waals surface area contributed by atoms with Crippen molar-refractivity contribution in [2.75, 3.05) is 6.61 Å². The maximum Gasteiger partial charge on any atom is 0.0717 e. The molecule has 2 atom stereocenters. The van der Waals surface area contributed by atoms with E-state index in [1.165, 1.54) is 31.2 Å². The molecule has 0 N–H and O–H groups in total. The van der Waals surface area contributed by atoms with Crippen LogP contribution in [0, 0.1) is 11.3 Å². The van der Waals surface area contributed by atoms with Crippen LogP contribution >= 0.6 is 0 Å². The Morgan fingerprint density at radius 2 is 2.16 bits per heavy atom. The van der Waals surface area contributed by atoms with Crippen molar-refractivity contribution in [1.29, 1.82) is 0 Å². The summed E-state index contributed by atoms with van der Waals surface area (Å²) in [5, 5.41) is 0. The van der Waals surface area contributed by atoms with Crippen LogP contribution in [0.5, 0.6) is 0 Å². The van der Waals surface area contributed by atoms with E-state index in [0.717, 1.165) is 25.6 Å². The van der Waals surface area contributed by atoms with Crippen molar-refractivity contribution in [2.24, 2.45) is 11.3 Å². The fourth-order valence-electron chi connectivity index (χ4n) is 3.04. The van der Waals surface area contributed by atoms with Gasteiger partial charge in [-0.05, 0) is 36.2 Å². The van der Waals surface area contributed by atoms with Gasteiger partial charge in [-0.1, -0.05) is 56.2 Å². The molecule has 0 radical (unpaired) electrons. The Morgan fingerprint density at radius 1 is 1.37 bits per heavy atom. The summed E-state index contributed by atoms with van der Waals surface area (Å²) in [6.07, 6.45) is 8.54. The summed E-state index contributed by atoms with van der Waals surface area (Å²) in [6, 6.07) is 10.4. The maximum absolute atomic E-state index is 5.89. The third kappa shape index (κ3) is 3.94. The van der Waals surface area contributed by atoms with Crippen LogP contribution in [0.1, 0.15) is 44.6 Å². The predicted octanol–water partition coefficient (Wildman–Crippen LogP) is 4.98. The zero-order valence-electron chi connectivity index (χ0n) is 12.1. The summed E-state index contributed by atoms with van der Waals surface area (Å²) in [5.41, 5.74) is 1.79. The highest BCUT2D eigenvalue weighted by Gasteiger charge is 2.51. The van der Waals surface area contributed by atoms with E-state index in [1.807, 2.05) is 6.07 Å². The molecule has 19 heavy (non-hydrogen) atoms. The lowest BCUT2D eigenvalue weighted by Crippen LogP contribution is -2.08. The third-order valence-corrected chi connectivity index (χ3v) is 4.37. The highest BCUT2D eigenvalue weighted by atomic mass is 16.5. The Hall–Kier alpha value is -1.08. The Bertz CT molecular complexity index is 384. The first-order chi connectivity index (χ1) is 9.30. The molecule has 104 valence electrons. The number of unbranched alkanes of at least 4 members (excludes halogenated alkanes) is 1. The molecule has 1 fully saturated rings. The lowest BCUT2D eigenvalue weighted by molar-refractivity contribution is 0.0998. The van der Waals surface area contributed by atoms with Crippen LogP contribution in [0.25, 0.3) is 0 Å². The maximum atomic E-state index is 5.89. The molecular weight excluding hydrogens is 232 g/mol. The summed E-state index contributed by atoms with van der Waals surface area (Å²) < 4.78 is 5.89. The molecular formula is C18H26O. The van der Waals surface area contributed by atoms with Crippen LogP contribution in [0.2, 0.25) is 0 Å². The number of allylic oxidation sites excluding steroid dienone is 1. The van der Waals surface area contributed by atoms with Gasteiger partial charge < -0.3 is 4.74 Å². The SMILES string of the molecule is C=CC[C@]1(CCCC)C[C@H]1COCc1ccccc1. The highest BCUT2D eigenvalue weighted by Crippen LogP contribution is 2.58. The van der Waals surface area contributed by atoms with Gasteiger partial charge in [0.1, 0.15) is 0 Å². The zero-order valence-corrected chi connectivity index (χ0v) is 12.1. The van der Waals surface area contributed by atoms with Crippen LogP contribution in [0.3, 0.4) is 0 Å². The molecule has 0 unspecified atom stereocenters. The molecule has 1 nitrogen and oxygen atoms in total. The van der Waals surface area contributed by atoms with Crippen molar-refractivity contribution in [1.82, 2.24) is 0 Å². The monoisotopic (exact) mass is 258 g/mol. The standard InChI is InChI=1S/C18H26O/c1-3-5-12-18(11-4-2)13-17(18)15-19-14-16-9-7-6-8-10-16/h4,6-10,17H,2-3,5,11-15H2,1H3/t17-,18-/m0/s1. The van der Waals surface area contributed by atoms with Gasteiger partial charge in [0.25, 0.3) is 0 Å². The molecule has 1 aromatic carbocycles. The van der Waals surface area contributed by atoms with Crippen LogP contribution in [-0.2, 0) is 11.3 Å². The minimum Gasteiger partial charge on any atom is -0.376 e. The minimum atomic E-state index is 0.522.